The first-order valence-electron chi connectivity index (χ1n) is 10.0. The van der Waals surface area contributed by atoms with Crippen LogP contribution in [0.1, 0.15) is 59.3 Å². The van der Waals surface area contributed by atoms with Crippen LogP contribution in [-0.4, -0.2) is 18.4 Å². The molecule has 2 aromatic rings. The number of benzene rings is 1. The molecule has 0 aliphatic carbocycles. The van der Waals surface area contributed by atoms with E-state index < -0.39 is 18.4 Å². The molecule has 0 atom stereocenters. The summed E-state index contributed by atoms with van der Waals surface area (Å²) >= 11 is -2.49. The summed E-state index contributed by atoms with van der Waals surface area (Å²) in [5.74, 6) is 0.707. The maximum atomic E-state index is 13.2. The minimum atomic E-state index is -2.49. The van der Waals surface area contributed by atoms with E-state index in [2.05, 4.69) is 32.9 Å². The van der Waals surface area contributed by atoms with Crippen LogP contribution >= 0.6 is 0 Å². The Bertz CT molecular complexity index is 595. The molecule has 0 aliphatic rings. The van der Waals surface area contributed by atoms with Crippen LogP contribution in [0.3, 0.4) is 0 Å². The van der Waals surface area contributed by atoms with Crippen molar-refractivity contribution >= 4 is 22.2 Å². The number of halogens is 1. The molecule has 1 aromatic heterocycles. The molecule has 138 valence electrons. The molecule has 0 saturated carbocycles. The Hall–Kier alpha value is -0.771. The van der Waals surface area contributed by atoms with E-state index in [4.69, 9.17) is 4.42 Å². The van der Waals surface area contributed by atoms with Crippen LogP contribution in [0.25, 0.3) is 11.3 Å². The fourth-order valence-electron chi connectivity index (χ4n) is 3.68. The predicted octanol–water partition coefficient (Wildman–Crippen LogP) is 7.14. The van der Waals surface area contributed by atoms with Gasteiger partial charge in [-0.15, -0.1) is 0 Å². The number of furan rings is 1. The first-order chi connectivity index (χ1) is 12.1. The van der Waals surface area contributed by atoms with Gasteiger partial charge in [-0.1, -0.05) is 0 Å². The number of hydrogen-bond acceptors (Lipinski definition) is 1. The van der Waals surface area contributed by atoms with Crippen molar-refractivity contribution in [1.29, 1.82) is 0 Å². The zero-order chi connectivity index (χ0) is 18.1. The zero-order valence-electron chi connectivity index (χ0n) is 16.1. The van der Waals surface area contributed by atoms with Gasteiger partial charge in [-0.3, -0.25) is 0 Å². The first-order valence-corrected chi connectivity index (χ1v) is 17.5. The summed E-state index contributed by atoms with van der Waals surface area (Å²) in [4.78, 5) is 0. The Balaban J connectivity index is 2.32. The predicted molar refractivity (Wildman–Crippen MR) is 109 cm³/mol. The topological polar surface area (TPSA) is 13.1 Å². The van der Waals surface area contributed by atoms with E-state index in [9.17, 15) is 4.39 Å². The summed E-state index contributed by atoms with van der Waals surface area (Å²) in [5, 5.41) is 0. The molecule has 0 radical (unpaired) electrons. The van der Waals surface area contributed by atoms with Gasteiger partial charge in [0.1, 0.15) is 0 Å². The van der Waals surface area contributed by atoms with Gasteiger partial charge in [0.2, 0.25) is 0 Å². The molecule has 0 unspecified atom stereocenters. The third-order valence-electron chi connectivity index (χ3n) is 5.28. The molecule has 1 aromatic carbocycles. The standard InChI is InChI=1S/C10H6FO.3C4H9.Sn/c11-9-5-3-8(4-6-9)10-2-1-7-12-10;3*1-3-4-2;/h1-6H;3*1,3-4H2,2H3;. The van der Waals surface area contributed by atoms with Gasteiger partial charge in [-0.2, -0.15) is 0 Å². The quantitative estimate of drug-likeness (QED) is 0.331. The number of rotatable bonds is 11. The minimum absolute atomic E-state index is 0.196. The summed E-state index contributed by atoms with van der Waals surface area (Å²) < 4.78 is 25.2. The fraction of sp³-hybridized carbons (Fsp3) is 0.545. The van der Waals surface area contributed by atoms with E-state index in [1.54, 1.807) is 0 Å². The normalized spacial score (nSPS) is 11.8. The Kier molecular flexibility index (Phi) is 8.54. The fourth-order valence-corrected chi connectivity index (χ4v) is 18.9. The molecular formula is C22H33FOSn. The molecule has 0 spiro atoms. The van der Waals surface area contributed by atoms with Crippen LogP contribution in [-0.2, 0) is 0 Å². The van der Waals surface area contributed by atoms with Crippen molar-refractivity contribution in [1.82, 2.24) is 0 Å². The van der Waals surface area contributed by atoms with E-state index in [0.717, 1.165) is 11.3 Å². The SMILES string of the molecule is CCC[CH2][Sn]([CH2]CCC)([CH2]CCC)[c]1ccc(-c2ccc(F)cc2)o1. The van der Waals surface area contributed by atoms with Crippen molar-refractivity contribution in [3.8, 4) is 11.3 Å². The molecule has 0 aliphatic heterocycles. The van der Waals surface area contributed by atoms with Crippen LogP contribution in [0.2, 0.25) is 13.3 Å². The van der Waals surface area contributed by atoms with Gasteiger partial charge in [0.15, 0.2) is 0 Å². The second-order valence-corrected chi connectivity index (χ2v) is 20.3. The van der Waals surface area contributed by atoms with E-state index in [1.807, 2.05) is 12.1 Å². The Morgan fingerprint density at radius 2 is 1.28 bits per heavy atom. The van der Waals surface area contributed by atoms with E-state index >= 15 is 0 Å². The molecule has 1 heterocycles. The van der Waals surface area contributed by atoms with Crippen molar-refractivity contribution in [2.75, 3.05) is 0 Å². The molecule has 0 fully saturated rings. The Morgan fingerprint density at radius 3 is 1.76 bits per heavy atom. The van der Waals surface area contributed by atoms with Gasteiger partial charge in [-0.25, -0.2) is 0 Å². The van der Waals surface area contributed by atoms with E-state index in [0.29, 0.717) is 0 Å². The van der Waals surface area contributed by atoms with Gasteiger partial charge >= 0.3 is 157 Å². The first kappa shape index (κ1) is 20.5. The third-order valence-corrected chi connectivity index (χ3v) is 20.3. The van der Waals surface area contributed by atoms with Gasteiger partial charge in [0.05, 0.1) is 0 Å². The van der Waals surface area contributed by atoms with Gasteiger partial charge < -0.3 is 0 Å². The monoisotopic (exact) mass is 452 g/mol. The molecule has 3 heteroatoms. The van der Waals surface area contributed by atoms with Crippen LogP contribution < -0.4 is 3.78 Å². The molecule has 0 saturated heterocycles. The summed E-state index contributed by atoms with van der Waals surface area (Å²) in [6.45, 7) is 6.88. The summed E-state index contributed by atoms with van der Waals surface area (Å²) in [5.41, 5.74) is 0.981. The van der Waals surface area contributed by atoms with Crippen LogP contribution in [0.15, 0.2) is 40.8 Å². The van der Waals surface area contributed by atoms with Crippen molar-refractivity contribution < 1.29 is 8.81 Å². The summed E-state index contributed by atoms with van der Waals surface area (Å²) in [6, 6.07) is 11.0. The molecule has 0 bridgehead atoms. The number of hydrogen-bond donors (Lipinski definition) is 0. The van der Waals surface area contributed by atoms with Gasteiger partial charge in [0, 0.05) is 0 Å². The van der Waals surface area contributed by atoms with Gasteiger partial charge in [-0.05, 0) is 0 Å². The average molecular weight is 451 g/mol. The van der Waals surface area contributed by atoms with Crippen molar-refractivity contribution in [3.63, 3.8) is 0 Å². The molecular weight excluding hydrogens is 418 g/mol. The summed E-state index contributed by atoms with van der Waals surface area (Å²) in [6.07, 6.45) is 7.79. The summed E-state index contributed by atoms with van der Waals surface area (Å²) in [7, 11) is 0. The van der Waals surface area contributed by atoms with Crippen LogP contribution in [0, 0.1) is 5.82 Å². The Morgan fingerprint density at radius 1 is 0.760 bits per heavy atom. The van der Waals surface area contributed by atoms with E-state index in [1.165, 1.54) is 67.7 Å². The Labute approximate surface area is 156 Å². The third kappa shape index (κ3) is 5.60. The van der Waals surface area contributed by atoms with Crippen molar-refractivity contribution in [2.24, 2.45) is 0 Å². The zero-order valence-corrected chi connectivity index (χ0v) is 19.0. The molecule has 0 N–H and O–H groups in total. The second-order valence-electron chi connectivity index (χ2n) is 7.26. The molecule has 0 amide bonds. The molecule has 2 rings (SSSR count). The van der Waals surface area contributed by atoms with Gasteiger partial charge in [0.25, 0.3) is 0 Å². The van der Waals surface area contributed by atoms with Crippen molar-refractivity contribution in [3.05, 3.63) is 42.2 Å². The molecule has 1 nitrogen and oxygen atoms in total. The maximum absolute atomic E-state index is 13.2. The van der Waals surface area contributed by atoms with Crippen LogP contribution in [0.4, 0.5) is 4.39 Å². The second kappa shape index (κ2) is 10.4. The van der Waals surface area contributed by atoms with Crippen molar-refractivity contribution in [2.45, 2.75) is 72.6 Å². The van der Waals surface area contributed by atoms with E-state index in [-0.39, 0.29) is 5.82 Å². The average Bonchev–Trinajstić information content (AvgIpc) is 3.13. The molecule has 25 heavy (non-hydrogen) atoms. The number of unbranched alkanes of at least 4 members (excludes halogenated alkanes) is 3. The van der Waals surface area contributed by atoms with Crippen LogP contribution in [0.5, 0.6) is 0 Å².